The first-order chi connectivity index (χ1) is 7.74. The molecule has 0 radical (unpaired) electrons. The molecule has 88 valence electrons. The molecule has 1 aromatic rings. The number of thiophene rings is 1. The lowest BCUT2D eigenvalue weighted by atomic mass is 10.2. The summed E-state index contributed by atoms with van der Waals surface area (Å²) >= 11 is 1.62. The fourth-order valence-corrected chi connectivity index (χ4v) is 3.14. The number of hydrogen-bond acceptors (Lipinski definition) is 4. The molecule has 0 spiro atoms. The van der Waals surface area contributed by atoms with Crippen molar-refractivity contribution in [3.63, 3.8) is 0 Å². The fourth-order valence-electron chi connectivity index (χ4n) is 2.31. The predicted molar refractivity (Wildman–Crippen MR) is 64.5 cm³/mol. The molecule has 1 fully saturated rings. The summed E-state index contributed by atoms with van der Waals surface area (Å²) in [5, 5.41) is 2.01. The number of nitrogens with zero attached hydrogens (tertiary/aromatic N) is 1. The number of hydrogen-bond donors (Lipinski definition) is 0. The van der Waals surface area contributed by atoms with Crippen LogP contribution in [0.4, 0.5) is 0 Å². The maximum Gasteiger partial charge on any atom is 0.328 e. The molecule has 4 heteroatoms. The van der Waals surface area contributed by atoms with E-state index in [2.05, 4.69) is 11.8 Å². The Balaban J connectivity index is 2.24. The average molecular weight is 239 g/mol. The summed E-state index contributed by atoms with van der Waals surface area (Å²) in [5.41, 5.74) is 0. The third-order valence-electron chi connectivity index (χ3n) is 3.17. The van der Waals surface area contributed by atoms with E-state index in [-0.39, 0.29) is 12.0 Å². The molecular weight excluding hydrogens is 222 g/mol. The molecule has 2 atom stereocenters. The summed E-state index contributed by atoms with van der Waals surface area (Å²) in [5.74, 6) is -0.142. The van der Waals surface area contributed by atoms with E-state index in [0.717, 1.165) is 11.4 Å². The first-order valence-electron chi connectivity index (χ1n) is 5.61. The third-order valence-corrected chi connectivity index (χ3v) is 4.10. The van der Waals surface area contributed by atoms with Crippen molar-refractivity contribution in [1.82, 2.24) is 4.90 Å². The molecule has 1 aliphatic heterocycles. The highest BCUT2D eigenvalue weighted by Gasteiger charge is 2.34. The topological polar surface area (TPSA) is 29.5 Å². The molecule has 0 saturated carbocycles. The Labute approximate surface area is 100 Å². The number of likely N-dealkylation sites (tertiary alicyclic amines) is 1. The maximum absolute atomic E-state index is 11.9. The lowest BCUT2D eigenvalue weighted by molar-refractivity contribution is -0.147. The van der Waals surface area contributed by atoms with Crippen LogP contribution < -0.4 is 0 Å². The van der Waals surface area contributed by atoms with E-state index < -0.39 is 0 Å². The SMILES string of the molecule is COC(=O)[C@H](c1cccs1)N1CCC[C@@H]1C. The van der Waals surface area contributed by atoms with Crippen LogP contribution in [0.3, 0.4) is 0 Å². The van der Waals surface area contributed by atoms with Gasteiger partial charge in [0, 0.05) is 10.9 Å². The molecule has 16 heavy (non-hydrogen) atoms. The molecule has 3 nitrogen and oxygen atoms in total. The van der Waals surface area contributed by atoms with Gasteiger partial charge < -0.3 is 4.74 Å². The summed E-state index contributed by atoms with van der Waals surface area (Å²) < 4.78 is 4.92. The standard InChI is InChI=1S/C12H17NO2S/c1-9-5-3-7-13(9)11(12(14)15-2)10-6-4-8-16-10/h4,6,8-9,11H,3,5,7H2,1-2H3/t9-,11-/m0/s1. The highest BCUT2D eigenvalue weighted by atomic mass is 32.1. The van der Waals surface area contributed by atoms with E-state index in [1.54, 1.807) is 11.3 Å². The van der Waals surface area contributed by atoms with Crippen LogP contribution in [0.15, 0.2) is 17.5 Å². The lowest BCUT2D eigenvalue weighted by Gasteiger charge is -2.28. The van der Waals surface area contributed by atoms with Gasteiger partial charge in [0.1, 0.15) is 6.04 Å². The molecule has 0 bridgehead atoms. The average Bonchev–Trinajstić information content (AvgIpc) is 2.92. The van der Waals surface area contributed by atoms with Crippen molar-refractivity contribution in [2.45, 2.75) is 31.8 Å². The summed E-state index contributed by atoms with van der Waals surface area (Å²) in [7, 11) is 1.46. The van der Waals surface area contributed by atoms with Gasteiger partial charge >= 0.3 is 5.97 Å². The van der Waals surface area contributed by atoms with Crippen molar-refractivity contribution in [3.05, 3.63) is 22.4 Å². The van der Waals surface area contributed by atoms with Gasteiger partial charge in [0.2, 0.25) is 0 Å². The Kier molecular flexibility index (Phi) is 3.61. The minimum Gasteiger partial charge on any atom is -0.468 e. The Morgan fingerprint density at radius 2 is 2.50 bits per heavy atom. The van der Waals surface area contributed by atoms with Gasteiger partial charge in [-0.25, -0.2) is 4.79 Å². The second-order valence-corrected chi connectivity index (χ2v) is 5.15. The van der Waals surface area contributed by atoms with Crippen molar-refractivity contribution in [1.29, 1.82) is 0 Å². The molecular formula is C12H17NO2S. The Morgan fingerprint density at radius 3 is 3.00 bits per heavy atom. The van der Waals surface area contributed by atoms with E-state index in [1.165, 1.54) is 20.0 Å². The molecule has 1 aromatic heterocycles. The zero-order chi connectivity index (χ0) is 11.5. The van der Waals surface area contributed by atoms with Gasteiger partial charge in [-0.1, -0.05) is 6.07 Å². The number of methoxy groups -OCH3 is 1. The number of rotatable bonds is 3. The maximum atomic E-state index is 11.9. The van der Waals surface area contributed by atoms with Gasteiger partial charge in [0.25, 0.3) is 0 Å². The van der Waals surface area contributed by atoms with Crippen LogP contribution in [0.5, 0.6) is 0 Å². The minimum atomic E-state index is -0.206. The van der Waals surface area contributed by atoms with Crippen molar-refractivity contribution >= 4 is 17.3 Å². The largest absolute Gasteiger partial charge is 0.468 e. The second-order valence-electron chi connectivity index (χ2n) is 4.17. The van der Waals surface area contributed by atoms with Gasteiger partial charge in [-0.2, -0.15) is 0 Å². The Hall–Kier alpha value is -0.870. The smallest absolute Gasteiger partial charge is 0.328 e. The lowest BCUT2D eigenvalue weighted by Crippen LogP contribution is -2.36. The highest BCUT2D eigenvalue weighted by Crippen LogP contribution is 2.32. The van der Waals surface area contributed by atoms with Crippen molar-refractivity contribution in [2.24, 2.45) is 0 Å². The summed E-state index contributed by atoms with van der Waals surface area (Å²) in [6.45, 7) is 3.16. The van der Waals surface area contributed by atoms with Crippen LogP contribution in [0.25, 0.3) is 0 Å². The van der Waals surface area contributed by atoms with Gasteiger partial charge in [-0.3, -0.25) is 4.90 Å². The van der Waals surface area contributed by atoms with Crippen LogP contribution in [-0.2, 0) is 9.53 Å². The summed E-state index contributed by atoms with van der Waals surface area (Å²) in [6, 6.07) is 4.25. The van der Waals surface area contributed by atoms with Gasteiger partial charge in [-0.15, -0.1) is 11.3 Å². The van der Waals surface area contributed by atoms with Gasteiger partial charge in [-0.05, 0) is 37.8 Å². The fraction of sp³-hybridized carbons (Fsp3) is 0.583. The van der Waals surface area contributed by atoms with Gasteiger partial charge in [0.15, 0.2) is 0 Å². The molecule has 2 rings (SSSR count). The number of esters is 1. The molecule has 0 amide bonds. The van der Waals surface area contributed by atoms with E-state index in [0.29, 0.717) is 6.04 Å². The molecule has 0 unspecified atom stereocenters. The van der Waals surface area contributed by atoms with Crippen molar-refractivity contribution in [2.75, 3.05) is 13.7 Å². The van der Waals surface area contributed by atoms with Crippen molar-refractivity contribution < 1.29 is 9.53 Å². The zero-order valence-corrected chi connectivity index (χ0v) is 10.5. The van der Waals surface area contributed by atoms with Crippen LogP contribution in [0, 0.1) is 0 Å². The summed E-state index contributed by atoms with van der Waals surface area (Å²) in [4.78, 5) is 15.2. The van der Waals surface area contributed by atoms with Crippen LogP contribution in [-0.4, -0.2) is 30.6 Å². The highest BCUT2D eigenvalue weighted by molar-refractivity contribution is 7.10. The van der Waals surface area contributed by atoms with E-state index in [1.807, 2.05) is 17.5 Å². The monoisotopic (exact) mass is 239 g/mol. The van der Waals surface area contributed by atoms with E-state index in [9.17, 15) is 4.79 Å². The van der Waals surface area contributed by atoms with Crippen LogP contribution in [0.2, 0.25) is 0 Å². The quantitative estimate of drug-likeness (QED) is 0.759. The molecule has 0 N–H and O–H groups in total. The number of ether oxygens (including phenoxy) is 1. The zero-order valence-electron chi connectivity index (χ0n) is 9.68. The van der Waals surface area contributed by atoms with Crippen LogP contribution in [0.1, 0.15) is 30.7 Å². The number of carbonyl (C=O) groups is 1. The number of carbonyl (C=O) groups excluding carboxylic acids is 1. The van der Waals surface area contributed by atoms with Crippen LogP contribution >= 0.6 is 11.3 Å². The molecule has 2 heterocycles. The van der Waals surface area contributed by atoms with E-state index >= 15 is 0 Å². The first-order valence-corrected chi connectivity index (χ1v) is 6.49. The predicted octanol–water partition coefficient (Wildman–Crippen LogP) is 2.45. The third kappa shape index (κ3) is 2.13. The molecule has 0 aliphatic carbocycles. The molecule has 1 aliphatic rings. The summed E-state index contributed by atoms with van der Waals surface area (Å²) in [6.07, 6.45) is 2.33. The van der Waals surface area contributed by atoms with Gasteiger partial charge in [0.05, 0.1) is 7.11 Å². The Bertz CT molecular complexity index is 350. The molecule has 0 aromatic carbocycles. The first kappa shape index (κ1) is 11.6. The molecule has 1 saturated heterocycles. The minimum absolute atomic E-state index is 0.142. The second kappa shape index (κ2) is 4.97. The normalized spacial score (nSPS) is 23.2. The Morgan fingerprint density at radius 1 is 1.69 bits per heavy atom. The van der Waals surface area contributed by atoms with E-state index in [4.69, 9.17) is 4.74 Å². The van der Waals surface area contributed by atoms with Crippen molar-refractivity contribution in [3.8, 4) is 0 Å².